The second-order valence-electron chi connectivity index (χ2n) is 6.97. The molecule has 1 saturated heterocycles. The van der Waals surface area contributed by atoms with Crippen LogP contribution in [0.4, 0.5) is 0 Å². The topological polar surface area (TPSA) is 63.9 Å². The first-order valence-corrected chi connectivity index (χ1v) is 9.01. The van der Waals surface area contributed by atoms with Gasteiger partial charge in [-0.15, -0.1) is 10.2 Å². The van der Waals surface area contributed by atoms with Crippen molar-refractivity contribution in [3.8, 4) is 11.4 Å². The second kappa shape index (κ2) is 6.05. The van der Waals surface area contributed by atoms with Gasteiger partial charge >= 0.3 is 0 Å². The highest BCUT2D eigenvalue weighted by atomic mass is 16.2. The summed E-state index contributed by atoms with van der Waals surface area (Å²) in [4.78, 5) is 19.0. The Morgan fingerprint density at radius 3 is 2.65 bits per heavy atom. The number of fused-ring (bicyclic) bond motifs is 3. The zero-order chi connectivity index (χ0) is 17.5. The number of nitrogens with zero attached hydrogens (tertiary/aromatic N) is 5. The van der Waals surface area contributed by atoms with E-state index in [2.05, 4.69) is 31.9 Å². The number of benzene rings is 1. The fourth-order valence-electron chi connectivity index (χ4n) is 4.19. The van der Waals surface area contributed by atoms with Gasteiger partial charge in [0.2, 0.25) is 0 Å². The Bertz CT molecular complexity index is 937. The Hall–Kier alpha value is -3.02. The number of aryl methyl sites for hydroxylation is 1. The third-order valence-corrected chi connectivity index (χ3v) is 5.45. The maximum Gasteiger partial charge on any atom is 0.272 e. The molecule has 0 radical (unpaired) electrons. The number of pyridine rings is 1. The number of rotatable bonds is 2. The van der Waals surface area contributed by atoms with Crippen molar-refractivity contribution in [2.45, 2.75) is 18.9 Å². The zero-order valence-corrected chi connectivity index (χ0v) is 14.3. The standard InChI is InChI=1S/C20H19N5O/c26-20(16-8-4-5-11-21-16)24-12-15-9-10-18-22-23-19(25(18)17(15)13-24)14-6-2-1-3-7-14/h1-8,11,15,17H,9-10,12-13H2/t15-,17+/m1/s1. The van der Waals surface area contributed by atoms with Crippen LogP contribution in [0.3, 0.4) is 0 Å². The Balaban J connectivity index is 1.48. The lowest BCUT2D eigenvalue weighted by atomic mass is 9.93. The third-order valence-electron chi connectivity index (χ3n) is 5.45. The SMILES string of the molecule is O=C(c1ccccn1)N1C[C@H]2CCc3nnc(-c4ccccc4)n3[C@H]2C1. The van der Waals surface area contributed by atoms with Crippen molar-refractivity contribution in [1.82, 2.24) is 24.6 Å². The highest BCUT2D eigenvalue weighted by Crippen LogP contribution is 2.39. The minimum Gasteiger partial charge on any atom is -0.335 e. The molecule has 130 valence electrons. The van der Waals surface area contributed by atoms with Gasteiger partial charge in [-0.05, 0) is 24.5 Å². The average Bonchev–Trinajstić information content (AvgIpc) is 3.32. The molecular weight excluding hydrogens is 326 g/mol. The molecule has 0 aliphatic carbocycles. The van der Waals surface area contributed by atoms with Crippen LogP contribution in [0.15, 0.2) is 54.7 Å². The molecule has 26 heavy (non-hydrogen) atoms. The highest BCUT2D eigenvalue weighted by molar-refractivity contribution is 5.92. The first-order chi connectivity index (χ1) is 12.8. The monoisotopic (exact) mass is 345 g/mol. The summed E-state index contributed by atoms with van der Waals surface area (Å²) in [7, 11) is 0. The lowest BCUT2D eigenvalue weighted by molar-refractivity contribution is 0.0778. The maximum absolute atomic E-state index is 12.8. The van der Waals surface area contributed by atoms with Gasteiger partial charge in [0, 0.05) is 31.3 Å². The van der Waals surface area contributed by atoms with Gasteiger partial charge in [0.25, 0.3) is 5.91 Å². The molecule has 0 unspecified atom stereocenters. The molecule has 5 rings (SSSR count). The Morgan fingerprint density at radius 2 is 1.85 bits per heavy atom. The van der Waals surface area contributed by atoms with E-state index in [4.69, 9.17) is 0 Å². The number of likely N-dealkylation sites (tertiary alicyclic amines) is 1. The highest BCUT2D eigenvalue weighted by Gasteiger charge is 2.41. The molecule has 0 bridgehead atoms. The van der Waals surface area contributed by atoms with Crippen molar-refractivity contribution in [1.29, 1.82) is 0 Å². The Labute approximate surface area is 151 Å². The summed E-state index contributed by atoms with van der Waals surface area (Å²) in [6, 6.07) is 15.9. The molecule has 2 atom stereocenters. The minimum atomic E-state index is 0.0101. The van der Waals surface area contributed by atoms with Gasteiger partial charge in [-0.3, -0.25) is 9.78 Å². The first kappa shape index (κ1) is 15.3. The van der Waals surface area contributed by atoms with Crippen LogP contribution in [0.2, 0.25) is 0 Å². The van der Waals surface area contributed by atoms with Crippen LogP contribution in [-0.4, -0.2) is 43.6 Å². The van der Waals surface area contributed by atoms with E-state index in [0.29, 0.717) is 18.2 Å². The zero-order valence-electron chi connectivity index (χ0n) is 14.3. The molecule has 0 saturated carbocycles. The predicted molar refractivity (Wildman–Crippen MR) is 96.4 cm³/mol. The number of carbonyl (C=O) groups excluding carboxylic acids is 1. The lowest BCUT2D eigenvalue weighted by Crippen LogP contribution is -2.30. The summed E-state index contributed by atoms with van der Waals surface area (Å²) in [5, 5.41) is 8.87. The smallest absolute Gasteiger partial charge is 0.272 e. The summed E-state index contributed by atoms with van der Waals surface area (Å²) in [6.07, 6.45) is 3.62. The van der Waals surface area contributed by atoms with Gasteiger partial charge in [0.1, 0.15) is 11.5 Å². The first-order valence-electron chi connectivity index (χ1n) is 9.01. The van der Waals surface area contributed by atoms with Crippen molar-refractivity contribution >= 4 is 5.91 Å². The summed E-state index contributed by atoms with van der Waals surface area (Å²) in [5.41, 5.74) is 1.58. The quantitative estimate of drug-likeness (QED) is 0.716. The molecule has 4 heterocycles. The Morgan fingerprint density at radius 1 is 1.00 bits per heavy atom. The molecular formula is C20H19N5O. The van der Waals surface area contributed by atoms with E-state index in [0.717, 1.165) is 36.6 Å². The van der Waals surface area contributed by atoms with E-state index in [1.165, 1.54) is 0 Å². The van der Waals surface area contributed by atoms with E-state index in [1.807, 2.05) is 35.2 Å². The molecule has 0 spiro atoms. The largest absolute Gasteiger partial charge is 0.335 e. The molecule has 6 heteroatoms. The number of aromatic nitrogens is 4. The normalized spacial score (nSPS) is 21.3. The van der Waals surface area contributed by atoms with Gasteiger partial charge in [0.15, 0.2) is 5.82 Å². The summed E-state index contributed by atoms with van der Waals surface area (Å²) in [5.74, 6) is 2.38. The van der Waals surface area contributed by atoms with Crippen LogP contribution in [0.25, 0.3) is 11.4 Å². The number of hydrogen-bond donors (Lipinski definition) is 0. The molecule has 1 amide bonds. The van der Waals surface area contributed by atoms with Crippen molar-refractivity contribution in [3.05, 3.63) is 66.2 Å². The van der Waals surface area contributed by atoms with Crippen molar-refractivity contribution in [2.24, 2.45) is 5.92 Å². The van der Waals surface area contributed by atoms with Crippen LogP contribution in [0.5, 0.6) is 0 Å². The van der Waals surface area contributed by atoms with Gasteiger partial charge < -0.3 is 9.47 Å². The van der Waals surface area contributed by atoms with Crippen LogP contribution in [0, 0.1) is 5.92 Å². The number of carbonyl (C=O) groups is 1. The second-order valence-corrected chi connectivity index (χ2v) is 6.97. The van der Waals surface area contributed by atoms with E-state index in [-0.39, 0.29) is 11.9 Å². The van der Waals surface area contributed by atoms with Crippen molar-refractivity contribution in [2.75, 3.05) is 13.1 Å². The van der Waals surface area contributed by atoms with E-state index >= 15 is 0 Å². The Kier molecular flexibility index (Phi) is 3.55. The molecule has 2 aliphatic heterocycles. The lowest BCUT2D eigenvalue weighted by Gasteiger charge is -2.27. The summed E-state index contributed by atoms with van der Waals surface area (Å²) < 4.78 is 2.26. The third kappa shape index (κ3) is 2.41. The molecule has 2 aliphatic rings. The maximum atomic E-state index is 12.8. The van der Waals surface area contributed by atoms with Gasteiger partial charge in [-0.1, -0.05) is 36.4 Å². The number of hydrogen-bond acceptors (Lipinski definition) is 4. The van der Waals surface area contributed by atoms with Crippen LogP contribution >= 0.6 is 0 Å². The molecule has 3 aromatic rings. The summed E-state index contributed by atoms with van der Waals surface area (Å²) >= 11 is 0. The van der Waals surface area contributed by atoms with E-state index < -0.39 is 0 Å². The fraction of sp³-hybridized carbons (Fsp3) is 0.300. The van der Waals surface area contributed by atoms with Crippen molar-refractivity contribution in [3.63, 3.8) is 0 Å². The molecule has 6 nitrogen and oxygen atoms in total. The van der Waals surface area contributed by atoms with Crippen LogP contribution in [-0.2, 0) is 6.42 Å². The van der Waals surface area contributed by atoms with Gasteiger partial charge in [-0.2, -0.15) is 0 Å². The van der Waals surface area contributed by atoms with E-state index in [1.54, 1.807) is 12.3 Å². The van der Waals surface area contributed by atoms with Crippen LogP contribution < -0.4 is 0 Å². The minimum absolute atomic E-state index is 0.0101. The van der Waals surface area contributed by atoms with Crippen molar-refractivity contribution < 1.29 is 4.79 Å². The van der Waals surface area contributed by atoms with Gasteiger partial charge in [-0.25, -0.2) is 0 Å². The molecule has 1 aromatic carbocycles. The summed E-state index contributed by atoms with van der Waals surface area (Å²) in [6.45, 7) is 1.46. The molecule has 0 N–H and O–H groups in total. The average molecular weight is 345 g/mol. The fourth-order valence-corrected chi connectivity index (χ4v) is 4.19. The van der Waals surface area contributed by atoms with E-state index in [9.17, 15) is 4.79 Å². The predicted octanol–water partition coefficient (Wildman–Crippen LogP) is 2.60. The van der Waals surface area contributed by atoms with Crippen LogP contribution in [0.1, 0.15) is 28.8 Å². The number of amides is 1. The molecule has 1 fully saturated rings. The molecule has 2 aromatic heterocycles. The van der Waals surface area contributed by atoms with Gasteiger partial charge in [0.05, 0.1) is 6.04 Å².